The van der Waals surface area contributed by atoms with Gasteiger partial charge in [-0.25, -0.2) is 9.78 Å². The van der Waals surface area contributed by atoms with Crippen LogP contribution in [0.25, 0.3) is 0 Å². The van der Waals surface area contributed by atoms with Crippen molar-refractivity contribution in [2.75, 3.05) is 12.9 Å². The highest BCUT2D eigenvalue weighted by Gasteiger charge is 2.26. The third-order valence-corrected chi connectivity index (χ3v) is 3.02. The van der Waals surface area contributed by atoms with Crippen molar-refractivity contribution in [2.24, 2.45) is 0 Å². The monoisotopic (exact) mass is 314 g/mol. The van der Waals surface area contributed by atoms with E-state index in [4.69, 9.17) is 0 Å². The van der Waals surface area contributed by atoms with E-state index in [0.29, 0.717) is 5.69 Å². The summed E-state index contributed by atoms with van der Waals surface area (Å²) in [4.78, 5) is 41.5. The molecule has 0 bridgehead atoms. The van der Waals surface area contributed by atoms with E-state index in [1.807, 2.05) is 0 Å². The van der Waals surface area contributed by atoms with E-state index in [9.17, 15) is 14.4 Å². The van der Waals surface area contributed by atoms with E-state index in [1.165, 1.54) is 20.4 Å². The van der Waals surface area contributed by atoms with Gasteiger partial charge >= 0.3 is 5.97 Å². The van der Waals surface area contributed by atoms with Gasteiger partial charge < -0.3 is 20.4 Å². The smallest absolute Gasteiger partial charge is 0.328 e. The number of H-pyrrole nitrogens is 1. The van der Waals surface area contributed by atoms with Crippen LogP contribution in [0.1, 0.15) is 12.6 Å². The van der Waals surface area contributed by atoms with Gasteiger partial charge in [-0.05, 0) is 0 Å². The van der Waals surface area contributed by atoms with Crippen molar-refractivity contribution in [3.05, 3.63) is 18.2 Å². The van der Waals surface area contributed by atoms with Gasteiger partial charge in [0.15, 0.2) is 0 Å². The van der Waals surface area contributed by atoms with Gasteiger partial charge in [0.1, 0.15) is 12.1 Å². The lowest BCUT2D eigenvalue weighted by Gasteiger charge is -2.20. The third-order valence-electron chi connectivity index (χ3n) is 2.66. The maximum Gasteiger partial charge on any atom is 0.328 e. The van der Waals surface area contributed by atoms with Gasteiger partial charge in [-0.2, -0.15) is 12.6 Å². The first-order valence-electron chi connectivity index (χ1n) is 6.21. The molecule has 21 heavy (non-hydrogen) atoms. The maximum absolute atomic E-state index is 12.1. The number of hydrogen-bond donors (Lipinski definition) is 4. The maximum atomic E-state index is 12.1. The number of esters is 1. The van der Waals surface area contributed by atoms with Crippen molar-refractivity contribution in [1.29, 1.82) is 0 Å². The molecule has 2 amide bonds. The first-order valence-corrected chi connectivity index (χ1v) is 6.84. The van der Waals surface area contributed by atoms with Crippen LogP contribution in [0.4, 0.5) is 0 Å². The first-order chi connectivity index (χ1) is 9.97. The Morgan fingerprint density at radius 3 is 2.57 bits per heavy atom. The summed E-state index contributed by atoms with van der Waals surface area (Å²) in [5.41, 5.74) is 0.674. The number of carbonyl (C=O) groups excluding carboxylic acids is 3. The summed E-state index contributed by atoms with van der Waals surface area (Å²) in [6, 6.07) is -1.70. The number of imidazole rings is 1. The average Bonchev–Trinajstić information content (AvgIpc) is 2.95. The molecule has 0 fully saturated rings. The predicted octanol–water partition coefficient (Wildman–Crippen LogP) is -0.955. The van der Waals surface area contributed by atoms with E-state index < -0.39 is 24.0 Å². The Morgan fingerprint density at radius 2 is 2.10 bits per heavy atom. The highest BCUT2D eigenvalue weighted by Crippen LogP contribution is 2.01. The summed E-state index contributed by atoms with van der Waals surface area (Å²) in [6.07, 6.45) is 3.23. The third kappa shape index (κ3) is 5.46. The number of nitrogens with zero attached hydrogens (tertiary/aromatic N) is 1. The van der Waals surface area contributed by atoms with E-state index >= 15 is 0 Å². The van der Waals surface area contributed by atoms with Crippen LogP contribution >= 0.6 is 12.6 Å². The highest BCUT2D eigenvalue weighted by molar-refractivity contribution is 7.80. The van der Waals surface area contributed by atoms with Gasteiger partial charge in [-0.1, -0.05) is 0 Å². The van der Waals surface area contributed by atoms with Gasteiger partial charge in [0.25, 0.3) is 0 Å². The molecular weight excluding hydrogens is 296 g/mol. The Morgan fingerprint density at radius 1 is 1.38 bits per heavy atom. The van der Waals surface area contributed by atoms with Crippen LogP contribution < -0.4 is 10.6 Å². The van der Waals surface area contributed by atoms with Gasteiger partial charge in [-0.15, -0.1) is 0 Å². The quantitative estimate of drug-likeness (QED) is 0.383. The molecule has 0 unspecified atom stereocenters. The molecule has 0 spiro atoms. The summed E-state index contributed by atoms with van der Waals surface area (Å²) in [5, 5.41) is 4.99. The SMILES string of the molecule is COC(=O)[C@H](Cc1cnc[nH]1)NC(=O)[C@H](CS)NC(C)=O. The number of aromatic amines is 1. The molecule has 0 radical (unpaired) electrons. The molecule has 1 rings (SSSR count). The van der Waals surface area contributed by atoms with Crippen molar-refractivity contribution < 1.29 is 19.1 Å². The van der Waals surface area contributed by atoms with E-state index in [0.717, 1.165) is 0 Å². The molecule has 3 N–H and O–H groups in total. The fourth-order valence-electron chi connectivity index (χ4n) is 1.66. The lowest BCUT2D eigenvalue weighted by atomic mass is 10.1. The van der Waals surface area contributed by atoms with Crippen LogP contribution in [0.15, 0.2) is 12.5 Å². The molecule has 0 aliphatic heterocycles. The number of rotatable bonds is 7. The van der Waals surface area contributed by atoms with Crippen LogP contribution in [-0.4, -0.2) is 52.7 Å². The first kappa shape index (κ1) is 17.0. The lowest BCUT2D eigenvalue weighted by molar-refractivity contribution is -0.145. The van der Waals surface area contributed by atoms with Crippen molar-refractivity contribution in [2.45, 2.75) is 25.4 Å². The molecule has 2 atom stereocenters. The molecule has 0 aliphatic carbocycles. The minimum Gasteiger partial charge on any atom is -0.467 e. The minimum absolute atomic E-state index is 0.114. The zero-order valence-electron chi connectivity index (χ0n) is 11.8. The van der Waals surface area contributed by atoms with Gasteiger partial charge in [0.05, 0.1) is 13.4 Å². The van der Waals surface area contributed by atoms with Gasteiger partial charge in [-0.3, -0.25) is 9.59 Å². The van der Waals surface area contributed by atoms with E-state index in [-0.39, 0.29) is 18.1 Å². The zero-order chi connectivity index (χ0) is 15.8. The predicted molar refractivity (Wildman–Crippen MR) is 77.7 cm³/mol. The second-order valence-corrected chi connectivity index (χ2v) is 4.67. The zero-order valence-corrected chi connectivity index (χ0v) is 12.6. The van der Waals surface area contributed by atoms with Crippen LogP contribution in [0, 0.1) is 0 Å². The van der Waals surface area contributed by atoms with E-state index in [2.05, 4.69) is 38.0 Å². The lowest BCUT2D eigenvalue weighted by Crippen LogP contribution is -2.53. The Kier molecular flexibility index (Phi) is 6.73. The molecule has 1 aromatic heterocycles. The number of aromatic nitrogens is 2. The number of hydrogen-bond acceptors (Lipinski definition) is 6. The van der Waals surface area contributed by atoms with Gasteiger partial charge in [0, 0.05) is 31.0 Å². The van der Waals surface area contributed by atoms with Crippen molar-refractivity contribution in [1.82, 2.24) is 20.6 Å². The number of nitrogens with one attached hydrogen (secondary N) is 3. The van der Waals surface area contributed by atoms with Crippen LogP contribution in [0.2, 0.25) is 0 Å². The molecule has 116 valence electrons. The highest BCUT2D eigenvalue weighted by atomic mass is 32.1. The number of methoxy groups -OCH3 is 1. The molecule has 0 saturated heterocycles. The van der Waals surface area contributed by atoms with Crippen molar-refractivity contribution >= 4 is 30.4 Å². The topological polar surface area (TPSA) is 113 Å². The molecule has 9 heteroatoms. The van der Waals surface area contributed by atoms with Crippen LogP contribution in [0.5, 0.6) is 0 Å². The van der Waals surface area contributed by atoms with Crippen molar-refractivity contribution in [3.63, 3.8) is 0 Å². The Balaban J connectivity index is 2.73. The number of ether oxygens (including phenoxy) is 1. The van der Waals surface area contributed by atoms with Crippen molar-refractivity contribution in [3.8, 4) is 0 Å². The summed E-state index contributed by atoms with van der Waals surface area (Å²) in [5.74, 6) is -1.33. The molecule has 8 nitrogen and oxygen atoms in total. The van der Waals surface area contributed by atoms with Crippen LogP contribution in [0.3, 0.4) is 0 Å². The fraction of sp³-hybridized carbons (Fsp3) is 0.500. The fourth-order valence-corrected chi connectivity index (χ4v) is 1.92. The molecule has 0 aliphatic rings. The molecular formula is C12H18N4O4S. The number of thiol groups is 1. The Hall–Kier alpha value is -2.03. The standard InChI is InChI=1S/C12H18N4O4S/c1-7(17)15-10(5-21)11(18)16-9(12(19)20-2)3-8-4-13-6-14-8/h4,6,9-10,21H,3,5H2,1-2H3,(H,13,14)(H,15,17)(H,16,18)/t9-,10-/m0/s1. The summed E-state index contributed by atoms with van der Waals surface area (Å²) in [6.45, 7) is 1.30. The largest absolute Gasteiger partial charge is 0.467 e. The van der Waals surface area contributed by atoms with Gasteiger partial charge in [0.2, 0.25) is 11.8 Å². The number of carbonyl (C=O) groups is 3. The minimum atomic E-state index is -0.876. The normalized spacial score (nSPS) is 13.1. The average molecular weight is 314 g/mol. The number of amides is 2. The summed E-state index contributed by atoms with van der Waals surface area (Å²) in [7, 11) is 1.23. The van der Waals surface area contributed by atoms with Crippen LogP contribution in [-0.2, 0) is 25.5 Å². The summed E-state index contributed by atoms with van der Waals surface area (Å²) >= 11 is 4.01. The summed E-state index contributed by atoms with van der Waals surface area (Å²) < 4.78 is 4.66. The molecule has 0 aromatic carbocycles. The second-order valence-electron chi connectivity index (χ2n) is 4.30. The van der Waals surface area contributed by atoms with E-state index in [1.54, 1.807) is 6.20 Å². The second kappa shape index (κ2) is 8.30. The molecule has 0 saturated carbocycles. The Labute approximate surface area is 127 Å². The Bertz CT molecular complexity index is 491. The molecule has 1 heterocycles. The molecule has 1 aromatic rings.